The summed E-state index contributed by atoms with van der Waals surface area (Å²) in [5.74, 6) is 0. The maximum Gasteiger partial charge on any atom is 0.0952 e. The molecule has 0 unspecified atom stereocenters. The van der Waals surface area contributed by atoms with Crippen molar-refractivity contribution in [3.63, 3.8) is 0 Å². The molecule has 66 valence electrons. The van der Waals surface area contributed by atoms with Crippen LogP contribution in [0.1, 0.15) is 46.5 Å². The molecular formula is C9H21NSi. The van der Waals surface area contributed by atoms with Crippen molar-refractivity contribution < 1.29 is 0 Å². The van der Waals surface area contributed by atoms with Gasteiger partial charge in [0.2, 0.25) is 0 Å². The second-order valence-electron chi connectivity index (χ2n) is 4.78. The summed E-state index contributed by atoms with van der Waals surface area (Å²) in [5, 5.41) is 0. The first-order valence-electron chi connectivity index (χ1n) is 4.83. The molecule has 0 atom stereocenters. The van der Waals surface area contributed by atoms with Crippen LogP contribution >= 0.6 is 0 Å². The molecule has 0 aromatic carbocycles. The minimum Gasteiger partial charge on any atom is -0.337 e. The summed E-state index contributed by atoms with van der Waals surface area (Å²) in [6.45, 7) is 6.82. The maximum atomic E-state index is 3.70. The topological polar surface area (TPSA) is 12.0 Å². The SMILES string of the molecule is CC(C)(C)N[SiH2]C1CCCC1. The Balaban J connectivity index is 2.11. The third-order valence-corrected chi connectivity index (χ3v) is 5.05. The lowest BCUT2D eigenvalue weighted by Crippen LogP contribution is -2.39. The summed E-state index contributed by atoms with van der Waals surface area (Å²) in [7, 11) is 0.0336. The van der Waals surface area contributed by atoms with E-state index >= 15 is 0 Å². The highest BCUT2D eigenvalue weighted by Crippen LogP contribution is 2.28. The van der Waals surface area contributed by atoms with Gasteiger partial charge in [0, 0.05) is 5.54 Å². The molecule has 1 nitrogen and oxygen atoms in total. The first kappa shape index (κ1) is 9.27. The molecule has 0 bridgehead atoms. The summed E-state index contributed by atoms with van der Waals surface area (Å²) in [6, 6.07) is 0. The van der Waals surface area contributed by atoms with Crippen molar-refractivity contribution in [2.24, 2.45) is 0 Å². The minimum absolute atomic E-state index is 0.0336. The molecule has 0 aromatic rings. The molecule has 2 heteroatoms. The van der Waals surface area contributed by atoms with Crippen LogP contribution in [0, 0.1) is 0 Å². The predicted octanol–water partition coefficient (Wildman–Crippen LogP) is 1.82. The van der Waals surface area contributed by atoms with Crippen LogP contribution in [0.2, 0.25) is 5.54 Å². The van der Waals surface area contributed by atoms with Crippen molar-refractivity contribution in [2.75, 3.05) is 0 Å². The fourth-order valence-corrected chi connectivity index (χ4v) is 3.55. The normalized spacial score (nSPS) is 22.1. The standard InChI is InChI=1S/C9H21NSi/c1-9(2,3)10-11-8-6-4-5-7-8/h8,10H,4-7,11H2,1-3H3. The highest BCUT2D eigenvalue weighted by molar-refractivity contribution is 6.34. The minimum atomic E-state index is 0.0336. The van der Waals surface area contributed by atoms with Gasteiger partial charge in [0.05, 0.1) is 9.68 Å². The highest BCUT2D eigenvalue weighted by Gasteiger charge is 2.17. The Morgan fingerprint density at radius 1 is 1.18 bits per heavy atom. The number of hydrogen-bond donors (Lipinski definition) is 1. The van der Waals surface area contributed by atoms with E-state index in [1.54, 1.807) is 0 Å². The van der Waals surface area contributed by atoms with Gasteiger partial charge in [-0.1, -0.05) is 25.7 Å². The van der Waals surface area contributed by atoms with Gasteiger partial charge in [-0.2, -0.15) is 0 Å². The summed E-state index contributed by atoms with van der Waals surface area (Å²) in [4.78, 5) is 3.70. The second-order valence-corrected chi connectivity index (χ2v) is 6.70. The molecule has 0 aliphatic heterocycles. The lowest BCUT2D eigenvalue weighted by atomic mass is 10.1. The zero-order valence-corrected chi connectivity index (χ0v) is 9.53. The van der Waals surface area contributed by atoms with E-state index in [-0.39, 0.29) is 9.68 Å². The van der Waals surface area contributed by atoms with Gasteiger partial charge in [-0.05, 0) is 26.3 Å². The molecule has 0 spiro atoms. The molecule has 0 aromatic heterocycles. The summed E-state index contributed by atoms with van der Waals surface area (Å²) >= 11 is 0. The van der Waals surface area contributed by atoms with Gasteiger partial charge in [-0.25, -0.2) is 0 Å². The number of hydrogen-bond acceptors (Lipinski definition) is 1. The third-order valence-electron chi connectivity index (χ3n) is 2.40. The second kappa shape index (κ2) is 3.72. The number of nitrogens with one attached hydrogen (secondary N) is 1. The monoisotopic (exact) mass is 171 g/mol. The van der Waals surface area contributed by atoms with Crippen LogP contribution in [0.25, 0.3) is 0 Å². The van der Waals surface area contributed by atoms with Crippen LogP contribution in [0.15, 0.2) is 0 Å². The van der Waals surface area contributed by atoms with Crippen LogP contribution in [-0.4, -0.2) is 15.2 Å². The van der Waals surface area contributed by atoms with Crippen molar-refractivity contribution in [1.82, 2.24) is 4.98 Å². The average Bonchev–Trinajstić information content (AvgIpc) is 2.32. The van der Waals surface area contributed by atoms with Crippen LogP contribution in [0.4, 0.5) is 0 Å². The van der Waals surface area contributed by atoms with Crippen molar-refractivity contribution in [2.45, 2.75) is 57.5 Å². The molecule has 0 heterocycles. The highest BCUT2D eigenvalue weighted by atomic mass is 28.2. The largest absolute Gasteiger partial charge is 0.337 e. The molecular weight excluding hydrogens is 150 g/mol. The van der Waals surface area contributed by atoms with Gasteiger partial charge in [-0.3, -0.25) is 0 Å². The van der Waals surface area contributed by atoms with E-state index in [9.17, 15) is 0 Å². The Bertz CT molecular complexity index is 111. The van der Waals surface area contributed by atoms with Crippen molar-refractivity contribution >= 4 is 9.68 Å². The summed E-state index contributed by atoms with van der Waals surface area (Å²) in [5.41, 5.74) is 1.48. The predicted molar refractivity (Wildman–Crippen MR) is 53.7 cm³/mol. The molecule has 1 rings (SSSR count). The zero-order valence-electron chi connectivity index (χ0n) is 8.11. The van der Waals surface area contributed by atoms with Crippen molar-refractivity contribution in [3.8, 4) is 0 Å². The van der Waals surface area contributed by atoms with Crippen LogP contribution < -0.4 is 4.98 Å². The van der Waals surface area contributed by atoms with Crippen LogP contribution in [-0.2, 0) is 0 Å². The van der Waals surface area contributed by atoms with Crippen LogP contribution in [0.3, 0.4) is 0 Å². The lowest BCUT2D eigenvalue weighted by Gasteiger charge is -2.22. The molecule has 1 aliphatic rings. The molecule has 1 N–H and O–H groups in total. The molecule has 1 saturated carbocycles. The zero-order chi connectivity index (χ0) is 8.32. The molecule has 0 saturated heterocycles. The maximum absolute atomic E-state index is 3.70. The van der Waals surface area contributed by atoms with Gasteiger partial charge < -0.3 is 4.98 Å². The van der Waals surface area contributed by atoms with E-state index < -0.39 is 0 Å². The Kier molecular flexibility index (Phi) is 3.13. The molecule has 0 amide bonds. The quantitative estimate of drug-likeness (QED) is 0.625. The number of rotatable bonds is 2. The van der Waals surface area contributed by atoms with Gasteiger partial charge in [0.1, 0.15) is 0 Å². The lowest BCUT2D eigenvalue weighted by molar-refractivity contribution is 0.518. The van der Waals surface area contributed by atoms with E-state index in [4.69, 9.17) is 0 Å². The van der Waals surface area contributed by atoms with Crippen LogP contribution in [0.5, 0.6) is 0 Å². The molecule has 1 aliphatic carbocycles. The average molecular weight is 171 g/mol. The van der Waals surface area contributed by atoms with E-state index in [0.29, 0.717) is 5.54 Å². The van der Waals surface area contributed by atoms with Gasteiger partial charge in [0.15, 0.2) is 0 Å². The Hall–Kier alpha value is 0.177. The van der Waals surface area contributed by atoms with E-state index in [2.05, 4.69) is 25.8 Å². The summed E-state index contributed by atoms with van der Waals surface area (Å²) < 4.78 is 0. The van der Waals surface area contributed by atoms with E-state index in [0.717, 1.165) is 5.54 Å². The molecule has 11 heavy (non-hydrogen) atoms. The molecule has 1 fully saturated rings. The fraction of sp³-hybridized carbons (Fsp3) is 1.00. The Morgan fingerprint density at radius 2 is 1.73 bits per heavy atom. The first-order valence-corrected chi connectivity index (χ1v) is 6.35. The Labute approximate surface area is 72.9 Å². The van der Waals surface area contributed by atoms with Gasteiger partial charge in [0.25, 0.3) is 0 Å². The van der Waals surface area contributed by atoms with Gasteiger partial charge >= 0.3 is 0 Å². The van der Waals surface area contributed by atoms with E-state index in [1.807, 2.05) is 0 Å². The van der Waals surface area contributed by atoms with E-state index in [1.165, 1.54) is 25.7 Å². The summed E-state index contributed by atoms with van der Waals surface area (Å²) in [6.07, 6.45) is 6.00. The fourth-order valence-electron chi connectivity index (χ4n) is 1.67. The van der Waals surface area contributed by atoms with Crippen molar-refractivity contribution in [1.29, 1.82) is 0 Å². The van der Waals surface area contributed by atoms with Crippen molar-refractivity contribution in [3.05, 3.63) is 0 Å². The Morgan fingerprint density at radius 3 is 2.18 bits per heavy atom. The molecule has 0 radical (unpaired) electrons. The smallest absolute Gasteiger partial charge is 0.0952 e. The third kappa shape index (κ3) is 3.92. The van der Waals surface area contributed by atoms with Gasteiger partial charge in [-0.15, -0.1) is 0 Å². The first-order chi connectivity index (χ1) is 5.08.